The van der Waals surface area contributed by atoms with Crippen LogP contribution < -0.4 is 4.57 Å². The second kappa shape index (κ2) is 6.88. The topological polar surface area (TPSA) is 16.8 Å². The van der Waals surface area contributed by atoms with E-state index >= 15 is 0 Å². The van der Waals surface area contributed by atoms with Gasteiger partial charge in [0.2, 0.25) is 5.69 Å². The Balaban J connectivity index is 1.84. The maximum Gasteiger partial charge on any atom is 0.213 e. The van der Waals surface area contributed by atoms with Gasteiger partial charge in [-0.1, -0.05) is 61.8 Å². The SMILES string of the molecule is [2H]C([2H])([2H])C1(C)c2nc(C)ccc2-c2ccc(C)c(-c3cc(-c4ccc(C)cc4)cc[n+]3C)c21. The van der Waals surface area contributed by atoms with E-state index in [-0.39, 0.29) is 0 Å². The standard InChI is InChI=1S/C29H29N2/c1-18-7-11-21(12-8-18)22-15-16-31(6)25(17-22)26-19(2)9-13-23-24-14-10-20(3)30-28(24)29(4,5)27(23)26/h7-17H,1-6H3/q+1/i4D3. The molecule has 154 valence electrons. The lowest BCUT2D eigenvalue weighted by Gasteiger charge is -2.24. The maximum atomic E-state index is 8.62. The molecule has 1 atom stereocenters. The molecule has 1 aliphatic rings. The Labute approximate surface area is 189 Å². The molecule has 2 heteroatoms. The fraction of sp³-hybridized carbons (Fsp3) is 0.241. The number of aromatic nitrogens is 2. The quantitative estimate of drug-likeness (QED) is 0.347. The van der Waals surface area contributed by atoms with Crippen LogP contribution in [0.15, 0.2) is 66.9 Å². The number of aryl methyl sites for hydroxylation is 4. The molecule has 31 heavy (non-hydrogen) atoms. The van der Waals surface area contributed by atoms with E-state index in [0.29, 0.717) is 5.69 Å². The molecule has 0 bridgehead atoms. The Morgan fingerprint density at radius 2 is 1.61 bits per heavy atom. The Kier molecular flexibility index (Phi) is 3.65. The highest BCUT2D eigenvalue weighted by molar-refractivity contribution is 5.88. The molecule has 0 radical (unpaired) electrons. The highest BCUT2D eigenvalue weighted by Crippen LogP contribution is 2.52. The van der Waals surface area contributed by atoms with Crippen molar-refractivity contribution in [3.63, 3.8) is 0 Å². The van der Waals surface area contributed by atoms with Crippen LogP contribution in [0.2, 0.25) is 0 Å². The third-order valence-electron chi connectivity index (χ3n) is 6.50. The first-order valence-electron chi connectivity index (χ1n) is 12.2. The summed E-state index contributed by atoms with van der Waals surface area (Å²) in [6.07, 6.45) is 2.06. The summed E-state index contributed by atoms with van der Waals surface area (Å²) in [7, 11) is 2.02. The van der Waals surface area contributed by atoms with E-state index in [4.69, 9.17) is 9.10 Å². The van der Waals surface area contributed by atoms with Crippen LogP contribution in [0.3, 0.4) is 0 Å². The number of rotatable bonds is 2. The van der Waals surface area contributed by atoms with Gasteiger partial charge < -0.3 is 0 Å². The molecule has 0 saturated heterocycles. The molecular weight excluding hydrogens is 376 g/mol. The molecule has 0 saturated carbocycles. The van der Waals surface area contributed by atoms with Gasteiger partial charge in [-0.2, -0.15) is 0 Å². The van der Waals surface area contributed by atoms with Crippen molar-refractivity contribution in [2.45, 2.75) is 40.0 Å². The summed E-state index contributed by atoms with van der Waals surface area (Å²) in [6.45, 7) is 5.64. The van der Waals surface area contributed by atoms with Crippen LogP contribution >= 0.6 is 0 Å². The predicted octanol–water partition coefficient (Wildman–Crippen LogP) is 6.47. The molecule has 1 aliphatic carbocycles. The Bertz CT molecular complexity index is 1440. The minimum Gasteiger partial charge on any atom is -0.257 e. The summed E-state index contributed by atoms with van der Waals surface area (Å²) in [6, 6.07) is 20.9. The van der Waals surface area contributed by atoms with Gasteiger partial charge in [-0.15, -0.1) is 0 Å². The van der Waals surface area contributed by atoms with Gasteiger partial charge in [0, 0.05) is 32.9 Å². The largest absolute Gasteiger partial charge is 0.257 e. The lowest BCUT2D eigenvalue weighted by molar-refractivity contribution is -0.660. The number of hydrogen-bond acceptors (Lipinski definition) is 1. The zero-order valence-electron chi connectivity index (χ0n) is 21.7. The molecule has 1 unspecified atom stereocenters. The van der Waals surface area contributed by atoms with Gasteiger partial charge in [-0.25, -0.2) is 4.57 Å². The number of benzene rings is 2. The van der Waals surface area contributed by atoms with Crippen molar-refractivity contribution in [3.05, 3.63) is 94.9 Å². The van der Waals surface area contributed by atoms with E-state index in [2.05, 4.69) is 73.1 Å². The van der Waals surface area contributed by atoms with Crippen molar-refractivity contribution in [1.82, 2.24) is 4.98 Å². The second-order valence-electron chi connectivity index (χ2n) is 8.93. The van der Waals surface area contributed by atoms with E-state index < -0.39 is 12.3 Å². The van der Waals surface area contributed by atoms with Crippen LogP contribution in [-0.2, 0) is 12.5 Å². The molecule has 2 aromatic heterocycles. The molecule has 0 amide bonds. The van der Waals surface area contributed by atoms with Gasteiger partial charge in [-0.05, 0) is 54.7 Å². The molecule has 2 aromatic carbocycles. The highest BCUT2D eigenvalue weighted by Gasteiger charge is 2.41. The molecule has 2 nitrogen and oxygen atoms in total. The van der Waals surface area contributed by atoms with Crippen molar-refractivity contribution in [2.24, 2.45) is 7.05 Å². The van der Waals surface area contributed by atoms with E-state index in [0.717, 1.165) is 50.3 Å². The summed E-state index contributed by atoms with van der Waals surface area (Å²) < 4.78 is 28.0. The average Bonchev–Trinajstić information content (AvgIpc) is 3.04. The van der Waals surface area contributed by atoms with Crippen molar-refractivity contribution >= 4 is 0 Å². The molecule has 2 heterocycles. The smallest absolute Gasteiger partial charge is 0.213 e. The summed E-state index contributed by atoms with van der Waals surface area (Å²) in [4.78, 5) is 4.78. The molecule has 4 aromatic rings. The lowest BCUT2D eigenvalue weighted by atomic mass is 9.80. The van der Waals surface area contributed by atoms with Crippen LogP contribution in [0.1, 0.15) is 46.0 Å². The first kappa shape index (κ1) is 16.4. The van der Waals surface area contributed by atoms with Gasteiger partial charge in [0.05, 0.1) is 11.3 Å². The van der Waals surface area contributed by atoms with Gasteiger partial charge in [0.25, 0.3) is 0 Å². The molecule has 0 fully saturated rings. The molecule has 5 rings (SSSR count). The first-order valence-corrected chi connectivity index (χ1v) is 10.7. The minimum absolute atomic E-state index is 0.645. The first-order chi connectivity index (χ1) is 16.0. The van der Waals surface area contributed by atoms with Crippen LogP contribution in [-0.4, -0.2) is 4.98 Å². The second-order valence-corrected chi connectivity index (χ2v) is 8.93. The van der Waals surface area contributed by atoms with Crippen molar-refractivity contribution in [3.8, 4) is 33.5 Å². The predicted molar refractivity (Wildman–Crippen MR) is 128 cm³/mol. The maximum absolute atomic E-state index is 8.62. The van der Waals surface area contributed by atoms with Crippen LogP contribution in [0.25, 0.3) is 33.5 Å². The molecule has 0 N–H and O–H groups in total. The molecule has 0 aliphatic heterocycles. The average molecular weight is 409 g/mol. The van der Waals surface area contributed by atoms with Crippen LogP contribution in [0, 0.1) is 20.8 Å². The van der Waals surface area contributed by atoms with E-state index in [1.165, 1.54) is 5.56 Å². The molecular formula is C29H29N2+. The van der Waals surface area contributed by atoms with E-state index in [1.54, 1.807) is 0 Å². The monoisotopic (exact) mass is 408 g/mol. The summed E-state index contributed by atoms with van der Waals surface area (Å²) in [5.41, 5.74) is 9.46. The number of nitrogens with zero attached hydrogens (tertiary/aromatic N) is 2. The van der Waals surface area contributed by atoms with Crippen LogP contribution in [0.4, 0.5) is 0 Å². The van der Waals surface area contributed by atoms with Gasteiger partial charge in [0.15, 0.2) is 6.20 Å². The lowest BCUT2D eigenvalue weighted by Crippen LogP contribution is -2.32. The van der Waals surface area contributed by atoms with Crippen molar-refractivity contribution in [2.75, 3.05) is 0 Å². The summed E-state index contributed by atoms with van der Waals surface area (Å²) in [5, 5.41) is 0. The Morgan fingerprint density at radius 3 is 2.35 bits per heavy atom. The molecule has 0 spiro atoms. The van der Waals surface area contributed by atoms with Crippen LogP contribution in [0.5, 0.6) is 0 Å². The number of hydrogen-bond donors (Lipinski definition) is 0. The third kappa shape index (κ3) is 3.01. The number of fused-ring (bicyclic) bond motifs is 3. The van der Waals surface area contributed by atoms with Gasteiger partial charge in [0.1, 0.15) is 7.05 Å². The van der Waals surface area contributed by atoms with Crippen molar-refractivity contribution < 1.29 is 8.68 Å². The third-order valence-corrected chi connectivity index (χ3v) is 6.50. The number of pyridine rings is 2. The minimum atomic E-state index is -2.26. The summed E-state index contributed by atoms with van der Waals surface area (Å²) >= 11 is 0. The van der Waals surface area contributed by atoms with Gasteiger partial charge >= 0.3 is 0 Å². The van der Waals surface area contributed by atoms with Gasteiger partial charge in [-0.3, -0.25) is 4.98 Å². The zero-order chi connectivity index (χ0) is 24.4. The van der Waals surface area contributed by atoms with E-state index in [1.807, 2.05) is 33.0 Å². The normalized spacial score (nSPS) is 18.7. The summed E-state index contributed by atoms with van der Waals surface area (Å²) in [5.74, 6) is 0. The fourth-order valence-electron chi connectivity index (χ4n) is 4.80. The Hall–Kier alpha value is -3.26. The highest BCUT2D eigenvalue weighted by atomic mass is 14.9. The fourth-order valence-corrected chi connectivity index (χ4v) is 4.80. The Morgan fingerprint density at radius 1 is 0.871 bits per heavy atom. The van der Waals surface area contributed by atoms with E-state index in [9.17, 15) is 0 Å². The van der Waals surface area contributed by atoms with Crippen molar-refractivity contribution in [1.29, 1.82) is 0 Å². The zero-order valence-corrected chi connectivity index (χ0v) is 18.7.